The van der Waals surface area contributed by atoms with Crippen LogP contribution in [-0.4, -0.2) is 89.3 Å². The van der Waals surface area contributed by atoms with Crippen LogP contribution >= 0.6 is 46.9 Å². The molecule has 97 heavy (non-hydrogen) atoms. The molecular weight excluding hydrogens is 1380 g/mol. The van der Waals surface area contributed by atoms with Gasteiger partial charge in [-0.05, 0) is 133 Å². The van der Waals surface area contributed by atoms with Crippen LogP contribution in [0.25, 0.3) is 97.0 Å². The van der Waals surface area contributed by atoms with Crippen LogP contribution in [0.15, 0.2) is 164 Å². The molecule has 0 bridgehead atoms. The van der Waals surface area contributed by atoms with Gasteiger partial charge in [-0.25, -0.2) is 0 Å². The third-order valence-corrected chi connectivity index (χ3v) is 22.0. The van der Waals surface area contributed by atoms with Gasteiger partial charge in [0.1, 0.15) is 0 Å². The van der Waals surface area contributed by atoms with Gasteiger partial charge in [0.2, 0.25) is 0 Å². The number of hydrogen-bond acceptors (Lipinski definition) is 24. The predicted molar refractivity (Wildman–Crippen MR) is 352 cm³/mol. The Morgan fingerprint density at radius 3 is 0.763 bits per heavy atom. The molecule has 0 saturated heterocycles. The number of rotatable bonds is 37. The first-order valence-electron chi connectivity index (χ1n) is 30.6. The third kappa shape index (κ3) is 17.6. The number of phosphoric acid groups is 6. The standard InChI is InChI=1S/C66H68O25P6/c67-28-29-81-93(71,72)82-30-31-83-94(73,74)84-32-33-85-95(75,76)87-39-44(35-56-20-17-53-14-11-47-5-2-8-50-23-26-59(56)65(53)62(47)50)40-89-97(79,80)91-42-45(36-57-21-18-54-15-12-48-6-3-9-51-24-27-60(57)66(54)63(48)51)41-90-96(77,78)88-38-43(37-86-92(68,69)70)34-55-19-16-52-13-10-46-4-1-7-49-22-25-58(55)64(52)61(46)49/h1-27,43-45,67H,28-42H2,(H,71,72)(H,73,74)(H,75,76)(H,77,78)(H,79,80)(H2,68,69,70)/p-6. The van der Waals surface area contributed by atoms with Gasteiger partial charge in [0.05, 0.1) is 79.3 Å². The minimum Gasteiger partial charge on any atom is -0.756 e. The Bertz CT molecular complexity index is 5040. The van der Waals surface area contributed by atoms with E-state index in [0.717, 1.165) is 97.0 Å². The quantitative estimate of drug-likeness (QED) is 0.0207. The van der Waals surface area contributed by atoms with Crippen molar-refractivity contribution < 1.29 is 117 Å². The van der Waals surface area contributed by atoms with E-state index in [9.17, 15) is 61.6 Å². The van der Waals surface area contributed by atoms with E-state index < -0.39 is 144 Å². The lowest BCUT2D eigenvalue weighted by Gasteiger charge is -2.31. The molecule has 12 aromatic rings. The summed E-state index contributed by atoms with van der Waals surface area (Å²) in [5, 5.41) is 25.4. The van der Waals surface area contributed by atoms with Gasteiger partial charge in [-0.15, -0.1) is 0 Å². The second-order valence-corrected chi connectivity index (χ2v) is 31.6. The van der Waals surface area contributed by atoms with Crippen molar-refractivity contribution in [1.82, 2.24) is 0 Å². The van der Waals surface area contributed by atoms with Crippen LogP contribution in [0.4, 0.5) is 0 Å². The van der Waals surface area contributed by atoms with E-state index in [1.54, 1.807) is 6.07 Å². The van der Waals surface area contributed by atoms with E-state index >= 15 is 0 Å². The molecule has 0 aliphatic heterocycles. The zero-order valence-corrected chi connectivity index (χ0v) is 56.8. The van der Waals surface area contributed by atoms with Crippen molar-refractivity contribution in [1.29, 1.82) is 0 Å². The molecule has 512 valence electrons. The molecule has 9 atom stereocenters. The van der Waals surface area contributed by atoms with Crippen molar-refractivity contribution in [2.45, 2.75) is 19.3 Å². The van der Waals surface area contributed by atoms with Gasteiger partial charge in [0, 0.05) is 17.8 Å². The van der Waals surface area contributed by atoms with E-state index in [2.05, 4.69) is 18.1 Å². The smallest absolute Gasteiger partial charge is 0.268 e. The molecule has 9 unspecified atom stereocenters. The van der Waals surface area contributed by atoms with E-state index in [4.69, 9.17) is 36.8 Å². The highest BCUT2D eigenvalue weighted by Crippen LogP contribution is 2.48. The highest BCUT2D eigenvalue weighted by Gasteiger charge is 2.27. The molecule has 12 aromatic carbocycles. The average molecular weight is 1440 g/mol. The van der Waals surface area contributed by atoms with Gasteiger partial charge in [-0.2, -0.15) is 0 Å². The largest absolute Gasteiger partial charge is 0.756 e. The molecule has 0 amide bonds. The van der Waals surface area contributed by atoms with Crippen LogP contribution in [0, 0.1) is 17.8 Å². The van der Waals surface area contributed by atoms with Gasteiger partial charge < -0.3 is 89.1 Å². The number of aliphatic hydroxyl groups is 1. The minimum absolute atomic E-state index is 0.0260. The molecule has 0 aliphatic carbocycles. The van der Waals surface area contributed by atoms with E-state index in [1.807, 2.05) is 158 Å². The molecule has 0 fully saturated rings. The highest BCUT2D eigenvalue weighted by molar-refractivity contribution is 7.47. The Kier molecular flexibility index (Phi) is 22.0. The molecule has 31 heteroatoms. The number of benzene rings is 12. The lowest BCUT2D eigenvalue weighted by atomic mass is 9.89. The van der Waals surface area contributed by atoms with Crippen molar-refractivity contribution in [2.75, 3.05) is 79.3 Å². The summed E-state index contributed by atoms with van der Waals surface area (Å²) in [5.74, 6) is -3.20. The third-order valence-electron chi connectivity index (χ3n) is 16.7. The molecule has 0 aromatic heterocycles. The Balaban J connectivity index is 0.754. The fraction of sp³-hybridized carbons (Fsp3) is 0.273. The maximum absolute atomic E-state index is 14.1. The second kappa shape index (κ2) is 29.9. The van der Waals surface area contributed by atoms with Gasteiger partial charge in [-0.3, -0.25) is 27.4 Å². The predicted octanol–water partition coefficient (Wildman–Crippen LogP) is 10.2. The first-order chi connectivity index (χ1) is 46.3. The summed E-state index contributed by atoms with van der Waals surface area (Å²) in [4.78, 5) is 86.9. The molecule has 0 radical (unpaired) electrons. The van der Waals surface area contributed by atoms with Crippen molar-refractivity contribution >= 4 is 144 Å². The summed E-state index contributed by atoms with van der Waals surface area (Å²) >= 11 is 0. The summed E-state index contributed by atoms with van der Waals surface area (Å²) in [7, 11) is -31.5. The lowest BCUT2D eigenvalue weighted by molar-refractivity contribution is -0.236. The van der Waals surface area contributed by atoms with Gasteiger partial charge in [0.25, 0.3) is 46.9 Å². The first kappa shape index (κ1) is 71.2. The van der Waals surface area contributed by atoms with Crippen LogP contribution in [0.5, 0.6) is 0 Å². The fourth-order valence-electron chi connectivity index (χ4n) is 12.5. The SMILES string of the molecule is O=P([O-])(O)OCC(COP(=O)([O-])OCC(COP(=O)([O-])OCC(COP(=O)([O-])OCCOP(=O)([O-])OCCOP(=O)([O-])OCCO)Cc1ccc2ccc3cccc4ccc1c2c34)Cc1ccc2ccc3cccc4ccc1c2c34)Cc1ccc2ccc3cccc4ccc1c2c34. The Labute approximate surface area is 554 Å². The Morgan fingerprint density at radius 1 is 0.278 bits per heavy atom. The van der Waals surface area contributed by atoms with Crippen LogP contribution in [0.1, 0.15) is 16.7 Å². The summed E-state index contributed by atoms with van der Waals surface area (Å²) in [6.07, 6.45) is -0.0655. The first-order valence-corrected chi connectivity index (χ1v) is 39.4. The lowest BCUT2D eigenvalue weighted by Crippen LogP contribution is -2.25. The Morgan fingerprint density at radius 2 is 0.495 bits per heavy atom. The minimum atomic E-state index is -5.45. The average Bonchev–Trinajstić information content (AvgIpc) is 0.756. The molecule has 0 spiro atoms. The molecular formula is C66H62O25P6-6. The van der Waals surface area contributed by atoms with Gasteiger partial charge >= 0.3 is 0 Å². The maximum atomic E-state index is 14.1. The van der Waals surface area contributed by atoms with Gasteiger partial charge in [0.15, 0.2) is 0 Å². The van der Waals surface area contributed by atoms with Gasteiger partial charge in [-0.1, -0.05) is 164 Å². The normalized spacial score (nSPS) is 17.3. The van der Waals surface area contributed by atoms with Crippen molar-refractivity contribution in [3.63, 3.8) is 0 Å². The number of phosphoric ester groups is 6. The molecule has 0 heterocycles. The number of aliphatic hydroxyl groups excluding tert-OH is 1. The zero-order chi connectivity index (χ0) is 68.3. The summed E-state index contributed by atoms with van der Waals surface area (Å²) < 4.78 is 132. The maximum Gasteiger partial charge on any atom is 0.268 e. The van der Waals surface area contributed by atoms with E-state index in [1.165, 1.54) is 0 Å². The monoisotopic (exact) mass is 1440 g/mol. The molecule has 2 N–H and O–H groups in total. The molecule has 0 saturated carbocycles. The van der Waals surface area contributed by atoms with Crippen molar-refractivity contribution in [2.24, 2.45) is 17.8 Å². The molecule has 0 aliphatic rings. The topological polar surface area (TPSA) is 383 Å². The summed E-state index contributed by atoms with van der Waals surface area (Å²) in [6.45, 7) is -9.08. The molecule has 12 rings (SSSR count). The van der Waals surface area contributed by atoms with Crippen molar-refractivity contribution in [3.8, 4) is 0 Å². The van der Waals surface area contributed by atoms with Crippen molar-refractivity contribution in [3.05, 3.63) is 180 Å². The summed E-state index contributed by atoms with van der Waals surface area (Å²) in [5.41, 5.74) is 2.02. The van der Waals surface area contributed by atoms with E-state index in [-0.39, 0.29) is 19.3 Å². The molecule has 25 nitrogen and oxygen atoms in total. The van der Waals surface area contributed by atoms with E-state index in [0.29, 0.717) is 16.7 Å². The van der Waals surface area contributed by atoms with Crippen LogP contribution in [0.3, 0.4) is 0 Å². The second-order valence-electron chi connectivity index (χ2n) is 23.3. The zero-order valence-electron chi connectivity index (χ0n) is 51.4. The van der Waals surface area contributed by atoms with Crippen LogP contribution in [-0.2, 0) is 96.4 Å². The van der Waals surface area contributed by atoms with Crippen LogP contribution in [0.2, 0.25) is 0 Å². The highest BCUT2D eigenvalue weighted by atomic mass is 31.2. The fourth-order valence-corrected chi connectivity index (χ4v) is 16.7. The Hall–Kier alpha value is -5.62. The summed E-state index contributed by atoms with van der Waals surface area (Å²) in [6, 6.07) is 52.3. The van der Waals surface area contributed by atoms with Crippen LogP contribution < -0.4 is 29.4 Å². The number of hydrogen-bond donors (Lipinski definition) is 2.